The van der Waals surface area contributed by atoms with Gasteiger partial charge >= 0.3 is 0 Å². The Bertz CT molecular complexity index is 916. The van der Waals surface area contributed by atoms with Crippen LogP contribution in [-0.4, -0.2) is 29.4 Å². The van der Waals surface area contributed by atoms with Gasteiger partial charge in [0.25, 0.3) is 0 Å². The number of Topliss-reactive ketones (excluding diaryl/α,β-unsaturated/α-hetero) is 1. The molecule has 28 heavy (non-hydrogen) atoms. The third kappa shape index (κ3) is 4.11. The van der Waals surface area contributed by atoms with E-state index in [1.807, 2.05) is 48.5 Å². The molecule has 0 saturated heterocycles. The zero-order chi connectivity index (χ0) is 19.3. The Hall–Kier alpha value is -3.01. The average molecular weight is 372 g/mol. The van der Waals surface area contributed by atoms with Gasteiger partial charge in [-0.15, -0.1) is 0 Å². The van der Waals surface area contributed by atoms with Crippen molar-refractivity contribution >= 4 is 17.3 Å². The van der Waals surface area contributed by atoms with Crippen molar-refractivity contribution in [2.75, 3.05) is 0 Å². The number of benzene rings is 2. The van der Waals surface area contributed by atoms with Gasteiger partial charge in [0.15, 0.2) is 11.6 Å². The minimum atomic E-state index is -0.0720. The molecule has 0 radical (unpaired) electrons. The van der Waals surface area contributed by atoms with Gasteiger partial charge in [0, 0.05) is 23.2 Å². The summed E-state index contributed by atoms with van der Waals surface area (Å²) in [5, 5.41) is 3.52. The van der Waals surface area contributed by atoms with E-state index in [9.17, 15) is 9.59 Å². The molecule has 0 aromatic heterocycles. The Labute approximate surface area is 165 Å². The van der Waals surface area contributed by atoms with Crippen LogP contribution in [0.4, 0.5) is 0 Å². The van der Waals surface area contributed by atoms with Crippen molar-refractivity contribution in [1.29, 1.82) is 0 Å². The Morgan fingerprint density at radius 1 is 0.929 bits per heavy atom. The maximum Gasteiger partial charge on any atom is 0.187 e. The monoisotopic (exact) mass is 372 g/mol. The molecule has 0 spiro atoms. The topological polar surface area (TPSA) is 58.5 Å². The molecule has 1 heterocycles. The van der Waals surface area contributed by atoms with Crippen LogP contribution in [0.1, 0.15) is 52.8 Å². The van der Waals surface area contributed by atoms with E-state index in [1.165, 1.54) is 6.42 Å². The zero-order valence-electron chi connectivity index (χ0n) is 15.8. The summed E-state index contributed by atoms with van der Waals surface area (Å²) in [4.78, 5) is 30.4. The highest BCUT2D eigenvalue weighted by Crippen LogP contribution is 2.27. The number of carbonyl (C=O) groups is 2. The number of allylic oxidation sites excluding steroid dienone is 2. The first-order valence-electron chi connectivity index (χ1n) is 9.93. The molecule has 4 heteroatoms. The molecule has 1 aliphatic carbocycles. The SMILES string of the molecule is O=C(/C=C1\N[C@H]2CCCC[C@H]2N=C1CC(=O)c1ccccc1)c1ccccc1. The highest BCUT2D eigenvalue weighted by Gasteiger charge is 2.31. The first kappa shape index (κ1) is 18.4. The van der Waals surface area contributed by atoms with Gasteiger partial charge < -0.3 is 5.32 Å². The fourth-order valence-corrected chi connectivity index (χ4v) is 3.95. The summed E-state index contributed by atoms with van der Waals surface area (Å²) in [6.45, 7) is 0. The molecule has 0 bridgehead atoms. The van der Waals surface area contributed by atoms with Crippen LogP contribution >= 0.6 is 0 Å². The highest BCUT2D eigenvalue weighted by atomic mass is 16.1. The first-order valence-corrected chi connectivity index (χ1v) is 9.93. The summed E-state index contributed by atoms with van der Waals surface area (Å²) in [6, 6.07) is 18.9. The number of aliphatic imine (C=N–C) groups is 1. The second-order valence-electron chi connectivity index (χ2n) is 7.43. The van der Waals surface area contributed by atoms with Crippen molar-refractivity contribution in [3.8, 4) is 0 Å². The minimum Gasteiger partial charge on any atom is -0.379 e. The number of nitrogens with zero attached hydrogens (tertiary/aromatic N) is 1. The summed E-state index contributed by atoms with van der Waals surface area (Å²) in [5.74, 6) is -0.0503. The normalized spacial score (nSPS) is 22.7. The lowest BCUT2D eigenvalue weighted by molar-refractivity contribution is 0.0997. The molecule has 0 unspecified atom stereocenters. The molecule has 2 atom stereocenters. The lowest BCUT2D eigenvalue weighted by Gasteiger charge is -2.36. The molecule has 2 aliphatic rings. The summed E-state index contributed by atoms with van der Waals surface area (Å²) >= 11 is 0. The third-order valence-corrected chi connectivity index (χ3v) is 5.46. The number of fused-ring (bicyclic) bond motifs is 1. The van der Waals surface area contributed by atoms with E-state index in [1.54, 1.807) is 18.2 Å². The molecule has 1 saturated carbocycles. The highest BCUT2D eigenvalue weighted by molar-refractivity contribution is 6.18. The lowest BCUT2D eigenvalue weighted by atomic mass is 9.87. The van der Waals surface area contributed by atoms with Crippen molar-refractivity contribution in [3.05, 3.63) is 83.6 Å². The Balaban J connectivity index is 1.63. The average Bonchev–Trinajstić information content (AvgIpc) is 2.75. The van der Waals surface area contributed by atoms with Gasteiger partial charge in [0.05, 0.1) is 23.9 Å². The summed E-state index contributed by atoms with van der Waals surface area (Å²) in [5.41, 5.74) is 2.70. The number of hydrogen-bond donors (Lipinski definition) is 1. The van der Waals surface area contributed by atoms with E-state index in [4.69, 9.17) is 4.99 Å². The van der Waals surface area contributed by atoms with Gasteiger partial charge in [-0.25, -0.2) is 0 Å². The second kappa shape index (κ2) is 8.34. The van der Waals surface area contributed by atoms with E-state index in [2.05, 4.69) is 5.32 Å². The molecular formula is C24H24N2O2. The van der Waals surface area contributed by atoms with Gasteiger partial charge in [-0.2, -0.15) is 0 Å². The Morgan fingerprint density at radius 2 is 1.57 bits per heavy atom. The second-order valence-corrected chi connectivity index (χ2v) is 7.43. The van der Waals surface area contributed by atoms with Gasteiger partial charge in [0.2, 0.25) is 0 Å². The summed E-state index contributed by atoms with van der Waals surface area (Å²) in [7, 11) is 0. The number of nitrogens with one attached hydrogen (secondary N) is 1. The molecular weight excluding hydrogens is 348 g/mol. The molecule has 1 N–H and O–H groups in total. The van der Waals surface area contributed by atoms with E-state index >= 15 is 0 Å². The smallest absolute Gasteiger partial charge is 0.187 e. The molecule has 2 aromatic carbocycles. The van der Waals surface area contributed by atoms with E-state index in [0.29, 0.717) is 22.5 Å². The molecule has 2 aromatic rings. The van der Waals surface area contributed by atoms with Crippen molar-refractivity contribution in [1.82, 2.24) is 5.32 Å². The maximum absolute atomic E-state index is 12.8. The van der Waals surface area contributed by atoms with Crippen molar-refractivity contribution in [2.24, 2.45) is 4.99 Å². The van der Waals surface area contributed by atoms with E-state index < -0.39 is 0 Å². The Morgan fingerprint density at radius 3 is 2.29 bits per heavy atom. The molecule has 4 nitrogen and oxygen atoms in total. The van der Waals surface area contributed by atoms with Crippen molar-refractivity contribution in [2.45, 2.75) is 44.2 Å². The van der Waals surface area contributed by atoms with E-state index in [-0.39, 0.29) is 30.1 Å². The standard InChI is InChI=1S/C24H24N2O2/c27-23(17-9-3-1-4-10-17)15-21-22(16-24(28)18-11-5-2-6-12-18)26-20-14-8-7-13-19(20)25-21/h1-6,9-12,15,19-20,25H,7-8,13-14,16H2/b21-15-/t19-,20+/m0/s1. The van der Waals surface area contributed by atoms with Gasteiger partial charge in [-0.05, 0) is 12.8 Å². The number of carbonyl (C=O) groups excluding carboxylic acids is 2. The maximum atomic E-state index is 12.8. The van der Waals surface area contributed by atoms with Gasteiger partial charge in [0.1, 0.15) is 0 Å². The third-order valence-electron chi connectivity index (χ3n) is 5.46. The zero-order valence-corrected chi connectivity index (χ0v) is 15.8. The molecule has 1 aliphatic heterocycles. The molecule has 142 valence electrons. The summed E-state index contributed by atoms with van der Waals surface area (Å²) < 4.78 is 0. The van der Waals surface area contributed by atoms with Crippen molar-refractivity contribution in [3.63, 3.8) is 0 Å². The Kier molecular flexibility index (Phi) is 5.47. The number of hydrogen-bond acceptors (Lipinski definition) is 4. The predicted octanol–water partition coefficient (Wildman–Crippen LogP) is 4.38. The van der Waals surface area contributed by atoms with Crippen LogP contribution in [0.2, 0.25) is 0 Å². The van der Waals surface area contributed by atoms with Crippen LogP contribution < -0.4 is 5.32 Å². The van der Waals surface area contributed by atoms with Crippen LogP contribution in [0.15, 0.2) is 77.4 Å². The summed E-state index contributed by atoms with van der Waals surface area (Å²) in [6.07, 6.45) is 6.22. The van der Waals surface area contributed by atoms with Crippen LogP contribution in [0, 0.1) is 0 Å². The molecule has 0 amide bonds. The predicted molar refractivity (Wildman–Crippen MR) is 111 cm³/mol. The van der Waals surface area contributed by atoms with Crippen LogP contribution in [-0.2, 0) is 0 Å². The minimum absolute atomic E-state index is 0.0217. The number of rotatable bonds is 5. The van der Waals surface area contributed by atoms with E-state index in [0.717, 1.165) is 19.3 Å². The molecule has 1 fully saturated rings. The number of ketones is 2. The quantitative estimate of drug-likeness (QED) is 0.626. The van der Waals surface area contributed by atoms with Crippen LogP contribution in [0.3, 0.4) is 0 Å². The largest absolute Gasteiger partial charge is 0.379 e. The lowest BCUT2D eigenvalue weighted by Crippen LogP contribution is -2.47. The van der Waals surface area contributed by atoms with Gasteiger partial charge in [-0.1, -0.05) is 73.5 Å². The van der Waals surface area contributed by atoms with Crippen LogP contribution in [0.25, 0.3) is 0 Å². The molecule has 4 rings (SSSR count). The van der Waals surface area contributed by atoms with Crippen molar-refractivity contribution < 1.29 is 9.59 Å². The fourth-order valence-electron chi connectivity index (χ4n) is 3.95. The van der Waals surface area contributed by atoms with Crippen LogP contribution in [0.5, 0.6) is 0 Å². The van der Waals surface area contributed by atoms with Gasteiger partial charge in [-0.3, -0.25) is 14.6 Å². The fraction of sp³-hybridized carbons (Fsp3) is 0.292. The first-order chi connectivity index (χ1) is 13.7.